The highest BCUT2D eigenvalue weighted by atomic mass is 16.4. The molecule has 6 amide bonds. The molecule has 17 N–H and O–H groups in total. The number of aliphatic carboxylic acids is 1. The van der Waals surface area contributed by atoms with E-state index >= 15 is 0 Å². The lowest BCUT2D eigenvalue weighted by molar-refractivity contribution is -0.138. The first-order chi connectivity index (χ1) is 27.7. The zero-order chi connectivity index (χ0) is 44.7. The first-order valence-electron chi connectivity index (χ1n) is 19.6. The molecule has 21 heteroatoms. The zero-order valence-electron chi connectivity index (χ0n) is 34.7. The molecule has 0 heterocycles. The summed E-state index contributed by atoms with van der Waals surface area (Å²) in [7, 11) is 0. The van der Waals surface area contributed by atoms with Crippen molar-refractivity contribution in [1.82, 2.24) is 31.9 Å². The van der Waals surface area contributed by atoms with E-state index in [0.29, 0.717) is 12.0 Å². The Kier molecular flexibility index (Phi) is 23.2. The highest BCUT2D eigenvalue weighted by Gasteiger charge is 2.32. The Bertz CT molecular complexity index is 1600. The lowest BCUT2D eigenvalue weighted by Crippen LogP contribution is -2.59. The molecule has 0 fully saturated rings. The van der Waals surface area contributed by atoms with Gasteiger partial charge >= 0.3 is 5.97 Å². The van der Waals surface area contributed by atoms with Gasteiger partial charge in [-0.25, -0.2) is 0 Å². The van der Waals surface area contributed by atoms with Gasteiger partial charge in [0.1, 0.15) is 36.8 Å². The van der Waals surface area contributed by atoms with Crippen LogP contribution in [0.2, 0.25) is 0 Å². The Morgan fingerprint density at radius 1 is 0.593 bits per heavy atom. The summed E-state index contributed by atoms with van der Waals surface area (Å²) >= 11 is 0. The Labute approximate surface area is 345 Å². The molecule has 330 valence electrons. The van der Waals surface area contributed by atoms with Crippen LogP contribution < -0.4 is 60.6 Å². The lowest BCUT2D eigenvalue weighted by atomic mass is 10.0. The van der Waals surface area contributed by atoms with Crippen LogP contribution >= 0.6 is 0 Å². The zero-order valence-corrected chi connectivity index (χ0v) is 34.7. The molecule has 0 bridgehead atoms. The second-order valence-electron chi connectivity index (χ2n) is 15.0. The first kappa shape index (κ1) is 51.0. The second-order valence-corrected chi connectivity index (χ2v) is 15.0. The minimum Gasteiger partial charge on any atom is -0.480 e. The van der Waals surface area contributed by atoms with Crippen LogP contribution in [-0.2, 0) is 40.0 Å². The van der Waals surface area contributed by atoms with Crippen molar-refractivity contribution in [2.75, 3.05) is 19.6 Å². The highest BCUT2D eigenvalue weighted by molar-refractivity contribution is 5.97. The van der Waals surface area contributed by atoms with Crippen LogP contribution in [0, 0.1) is 11.8 Å². The summed E-state index contributed by atoms with van der Waals surface area (Å²) in [5.41, 5.74) is 28.5. The number of amides is 6. The maximum Gasteiger partial charge on any atom is 0.322 e. The molecule has 59 heavy (non-hydrogen) atoms. The van der Waals surface area contributed by atoms with Gasteiger partial charge in [-0.2, -0.15) is 0 Å². The molecule has 0 radical (unpaired) electrons. The van der Waals surface area contributed by atoms with Gasteiger partial charge in [-0.3, -0.25) is 43.5 Å². The third-order valence-corrected chi connectivity index (χ3v) is 8.64. The van der Waals surface area contributed by atoms with Gasteiger partial charge < -0.3 is 65.7 Å². The number of nitrogens with one attached hydrogen (secondary N) is 6. The van der Waals surface area contributed by atoms with E-state index in [2.05, 4.69) is 41.9 Å². The average molecular weight is 832 g/mol. The van der Waals surface area contributed by atoms with Crippen molar-refractivity contribution >= 4 is 53.3 Å². The smallest absolute Gasteiger partial charge is 0.322 e. The summed E-state index contributed by atoms with van der Waals surface area (Å²) in [4.78, 5) is 99.6. The number of hydrogen-bond acceptors (Lipinski definition) is 10. The largest absolute Gasteiger partial charge is 0.480 e. The van der Waals surface area contributed by atoms with E-state index in [1.54, 1.807) is 30.3 Å². The van der Waals surface area contributed by atoms with Crippen molar-refractivity contribution in [2.24, 2.45) is 50.5 Å². The van der Waals surface area contributed by atoms with E-state index in [1.807, 2.05) is 27.7 Å². The quantitative estimate of drug-likeness (QED) is 0.0246. The van der Waals surface area contributed by atoms with Gasteiger partial charge in [0.25, 0.3) is 0 Å². The maximum atomic E-state index is 13.8. The predicted molar refractivity (Wildman–Crippen MR) is 223 cm³/mol. The maximum absolute atomic E-state index is 13.8. The molecule has 0 saturated heterocycles. The van der Waals surface area contributed by atoms with E-state index in [1.165, 1.54) is 6.92 Å². The normalized spacial score (nSPS) is 14.0. The van der Waals surface area contributed by atoms with Crippen LogP contribution in [0.5, 0.6) is 0 Å². The lowest BCUT2D eigenvalue weighted by Gasteiger charge is -2.27. The number of carboxylic acids is 1. The number of rotatable bonds is 27. The third-order valence-electron chi connectivity index (χ3n) is 8.64. The molecule has 0 aromatic heterocycles. The summed E-state index contributed by atoms with van der Waals surface area (Å²) in [6.07, 6.45) is 1.17. The van der Waals surface area contributed by atoms with Crippen LogP contribution in [0.25, 0.3) is 0 Å². The van der Waals surface area contributed by atoms with Gasteiger partial charge in [0.05, 0.1) is 6.04 Å². The number of nitrogens with zero attached hydrogens (tertiary/aromatic N) is 2. The minimum atomic E-state index is -1.26. The molecule has 6 atom stereocenters. The van der Waals surface area contributed by atoms with Crippen LogP contribution in [0.4, 0.5) is 0 Å². The molecule has 0 aliphatic carbocycles. The standard InChI is InChI=1S/C38H65N13O8/c1-21(2)17-25(39)32(55)48-27(14-10-16-45-38(42)43)35(58)49-26(13-9-15-44-37(40)41)34(57)47-23(5)31(54)50-29(19-24-11-7-6-8-12-24)36(59)51-28(18-22(3)4)33(56)46-20-30(52)53/h6-8,11-12,21-23,25-29H,9-10,13-20,39H2,1-5H3,(H,46,56)(H,47,57)(H,48,55)(H,49,58)(H,50,54)(H,51,59)(H,52,53)(H4,40,41,44)(H4,42,43,45)/t23-,25-,26-,27-,28-,29-/m0/s1. The van der Waals surface area contributed by atoms with Crippen molar-refractivity contribution in [3.05, 3.63) is 35.9 Å². The number of hydrogen-bond donors (Lipinski definition) is 12. The van der Waals surface area contributed by atoms with E-state index in [-0.39, 0.29) is 75.4 Å². The number of carboxylic acid groups (broad SMARTS) is 1. The van der Waals surface area contributed by atoms with Crippen molar-refractivity contribution < 1.29 is 38.7 Å². The third kappa shape index (κ3) is 21.9. The van der Waals surface area contributed by atoms with E-state index in [0.717, 1.165) is 0 Å². The fraction of sp³-hybridized carbons (Fsp3) is 0.605. The van der Waals surface area contributed by atoms with Crippen molar-refractivity contribution in [3.8, 4) is 0 Å². The number of benzene rings is 1. The Balaban J connectivity index is 3.31. The summed E-state index contributed by atoms with van der Waals surface area (Å²) in [6, 6.07) is 1.90. The van der Waals surface area contributed by atoms with E-state index in [9.17, 15) is 33.6 Å². The average Bonchev–Trinajstić information content (AvgIpc) is 3.14. The topological polar surface area (TPSA) is 367 Å². The second kappa shape index (κ2) is 26.8. The Morgan fingerprint density at radius 2 is 1.05 bits per heavy atom. The molecule has 1 aromatic rings. The number of aliphatic imine (C=N–C) groups is 2. The Morgan fingerprint density at radius 3 is 1.54 bits per heavy atom. The molecule has 0 unspecified atom stereocenters. The van der Waals surface area contributed by atoms with Crippen LogP contribution in [-0.4, -0.2) is 114 Å². The number of nitrogens with two attached hydrogens (primary N) is 5. The number of carbonyl (C=O) groups excluding carboxylic acids is 6. The highest BCUT2D eigenvalue weighted by Crippen LogP contribution is 2.10. The summed E-state index contributed by atoms with van der Waals surface area (Å²) in [5, 5.41) is 24.5. The molecule has 1 rings (SSSR count). The van der Waals surface area contributed by atoms with Crippen molar-refractivity contribution in [1.29, 1.82) is 0 Å². The van der Waals surface area contributed by atoms with E-state index in [4.69, 9.17) is 33.8 Å². The van der Waals surface area contributed by atoms with Crippen LogP contribution in [0.15, 0.2) is 40.3 Å². The van der Waals surface area contributed by atoms with Gasteiger partial charge in [0.2, 0.25) is 35.4 Å². The fourth-order valence-electron chi connectivity index (χ4n) is 5.71. The molecule has 0 aliphatic heterocycles. The summed E-state index contributed by atoms with van der Waals surface area (Å²) in [6.45, 7) is 8.44. The monoisotopic (exact) mass is 832 g/mol. The molecular formula is C38H65N13O8. The van der Waals surface area contributed by atoms with Crippen molar-refractivity contribution in [2.45, 2.75) is 116 Å². The van der Waals surface area contributed by atoms with Crippen LogP contribution in [0.3, 0.4) is 0 Å². The minimum absolute atomic E-state index is 0.00478. The molecule has 0 spiro atoms. The van der Waals surface area contributed by atoms with Gasteiger partial charge in [-0.15, -0.1) is 0 Å². The van der Waals surface area contributed by atoms with Gasteiger partial charge in [0, 0.05) is 19.5 Å². The number of carbonyl (C=O) groups is 7. The fourth-order valence-corrected chi connectivity index (χ4v) is 5.71. The summed E-state index contributed by atoms with van der Waals surface area (Å²) in [5.74, 6) is -5.77. The van der Waals surface area contributed by atoms with E-state index < -0.39 is 84.2 Å². The predicted octanol–water partition coefficient (Wildman–Crippen LogP) is -2.60. The van der Waals surface area contributed by atoms with Gasteiger partial charge in [0.15, 0.2) is 11.9 Å². The van der Waals surface area contributed by atoms with Crippen molar-refractivity contribution in [3.63, 3.8) is 0 Å². The molecule has 21 nitrogen and oxygen atoms in total. The van der Waals surface area contributed by atoms with Gasteiger partial charge in [-0.1, -0.05) is 58.0 Å². The summed E-state index contributed by atoms with van der Waals surface area (Å²) < 4.78 is 0. The SMILES string of the molecule is CC(C)C[C@H](NC(=O)[C@H](Cc1ccccc1)NC(=O)[C@H](C)NC(=O)[C@H](CCCN=C(N)N)NC(=O)[C@H](CCCN=C(N)N)NC(=O)[C@@H](N)CC(C)C)C(=O)NCC(=O)O. The molecule has 1 aromatic carbocycles. The van der Waals surface area contributed by atoms with Crippen LogP contribution in [0.1, 0.15) is 78.7 Å². The molecule has 0 aliphatic rings. The number of guanidine groups is 2. The first-order valence-corrected chi connectivity index (χ1v) is 19.6. The molecular weight excluding hydrogens is 767 g/mol. The molecule has 0 saturated carbocycles. The van der Waals surface area contributed by atoms with Gasteiger partial charge in [-0.05, 0) is 62.8 Å². The Hall–Kier alpha value is -5.99.